The second-order valence-corrected chi connectivity index (χ2v) is 4.73. The highest BCUT2D eigenvalue weighted by Gasteiger charge is 2.08. The maximum atomic E-state index is 6.06. The van der Waals surface area contributed by atoms with Crippen LogP contribution in [0.4, 0.5) is 0 Å². The SMILES string of the molecule is CCC(Cl)CCCc1ncnn1C(C)C. The summed E-state index contributed by atoms with van der Waals surface area (Å²) >= 11 is 6.06. The lowest BCUT2D eigenvalue weighted by atomic mass is 10.1. The third kappa shape index (κ3) is 3.82. The summed E-state index contributed by atoms with van der Waals surface area (Å²) in [6.07, 6.45) is 5.80. The Labute approximate surface area is 96.8 Å². The van der Waals surface area contributed by atoms with Crippen LogP contribution in [0.2, 0.25) is 0 Å². The molecular weight excluding hydrogens is 210 g/mol. The molecule has 0 radical (unpaired) electrons. The average molecular weight is 230 g/mol. The summed E-state index contributed by atoms with van der Waals surface area (Å²) in [6, 6.07) is 0.389. The molecule has 0 aliphatic rings. The molecule has 1 atom stereocenters. The van der Waals surface area contributed by atoms with Gasteiger partial charge in [-0.3, -0.25) is 0 Å². The van der Waals surface area contributed by atoms with Gasteiger partial charge >= 0.3 is 0 Å². The molecule has 1 aromatic rings. The van der Waals surface area contributed by atoms with Crippen LogP contribution in [0.1, 0.15) is 51.9 Å². The van der Waals surface area contributed by atoms with E-state index < -0.39 is 0 Å². The number of hydrogen-bond acceptors (Lipinski definition) is 2. The van der Waals surface area contributed by atoms with Gasteiger partial charge in [0.1, 0.15) is 12.2 Å². The normalized spacial score (nSPS) is 13.4. The predicted molar refractivity (Wildman–Crippen MR) is 63.3 cm³/mol. The van der Waals surface area contributed by atoms with Gasteiger partial charge in [0.25, 0.3) is 0 Å². The molecule has 1 rings (SSSR count). The third-order valence-electron chi connectivity index (χ3n) is 2.50. The number of aromatic nitrogens is 3. The first-order valence-electron chi connectivity index (χ1n) is 5.67. The van der Waals surface area contributed by atoms with Crippen LogP contribution in [-0.2, 0) is 6.42 Å². The Bertz CT molecular complexity index is 283. The van der Waals surface area contributed by atoms with Crippen molar-refractivity contribution in [1.29, 1.82) is 0 Å². The molecule has 1 heterocycles. The summed E-state index contributed by atoms with van der Waals surface area (Å²) in [5.41, 5.74) is 0. The molecule has 0 saturated heterocycles. The number of alkyl halides is 1. The third-order valence-corrected chi connectivity index (χ3v) is 3.02. The fourth-order valence-electron chi connectivity index (χ4n) is 1.57. The van der Waals surface area contributed by atoms with Crippen LogP contribution in [0, 0.1) is 0 Å². The van der Waals surface area contributed by atoms with E-state index in [1.165, 1.54) is 0 Å². The highest BCUT2D eigenvalue weighted by Crippen LogP contribution is 2.13. The van der Waals surface area contributed by atoms with Crippen LogP contribution in [-0.4, -0.2) is 20.1 Å². The first kappa shape index (κ1) is 12.5. The van der Waals surface area contributed by atoms with Crippen molar-refractivity contribution in [2.24, 2.45) is 0 Å². The van der Waals surface area contributed by atoms with Gasteiger partial charge in [0.05, 0.1) is 0 Å². The van der Waals surface area contributed by atoms with Crippen molar-refractivity contribution in [3.63, 3.8) is 0 Å². The van der Waals surface area contributed by atoms with Crippen molar-refractivity contribution in [2.75, 3.05) is 0 Å². The molecule has 0 aliphatic carbocycles. The maximum Gasteiger partial charge on any atom is 0.138 e. The summed E-state index contributed by atoms with van der Waals surface area (Å²) in [7, 11) is 0. The van der Waals surface area contributed by atoms with Crippen LogP contribution in [0.5, 0.6) is 0 Å². The summed E-state index contributed by atoms with van der Waals surface area (Å²) in [5.74, 6) is 1.07. The Balaban J connectivity index is 2.40. The van der Waals surface area contributed by atoms with E-state index in [-0.39, 0.29) is 0 Å². The molecule has 86 valence electrons. The number of nitrogens with zero attached hydrogens (tertiary/aromatic N) is 3. The largest absolute Gasteiger partial charge is 0.248 e. The van der Waals surface area contributed by atoms with Crippen LogP contribution in [0.15, 0.2) is 6.33 Å². The molecular formula is C11H20ClN3. The zero-order valence-electron chi connectivity index (χ0n) is 9.78. The Kier molecular flexibility index (Phi) is 5.09. The number of aryl methyl sites for hydroxylation is 1. The number of halogens is 1. The minimum absolute atomic E-state index is 0.306. The monoisotopic (exact) mass is 229 g/mol. The van der Waals surface area contributed by atoms with Gasteiger partial charge in [-0.25, -0.2) is 9.67 Å². The van der Waals surface area contributed by atoms with Gasteiger partial charge in [-0.2, -0.15) is 5.10 Å². The van der Waals surface area contributed by atoms with Crippen molar-refractivity contribution in [2.45, 2.75) is 57.9 Å². The van der Waals surface area contributed by atoms with Crippen LogP contribution in [0.3, 0.4) is 0 Å². The van der Waals surface area contributed by atoms with Gasteiger partial charge in [0.15, 0.2) is 0 Å². The quantitative estimate of drug-likeness (QED) is 0.702. The van der Waals surface area contributed by atoms with E-state index in [0.717, 1.165) is 31.5 Å². The average Bonchev–Trinajstić information content (AvgIpc) is 2.65. The van der Waals surface area contributed by atoms with Crippen molar-refractivity contribution in [3.05, 3.63) is 12.2 Å². The minimum Gasteiger partial charge on any atom is -0.248 e. The molecule has 0 aliphatic heterocycles. The van der Waals surface area contributed by atoms with E-state index >= 15 is 0 Å². The standard InChI is InChI=1S/C11H20ClN3/c1-4-10(12)6-5-7-11-13-8-14-15(11)9(2)3/h8-10H,4-7H2,1-3H3. The first-order valence-corrected chi connectivity index (χ1v) is 6.11. The van der Waals surface area contributed by atoms with Crippen molar-refractivity contribution < 1.29 is 0 Å². The van der Waals surface area contributed by atoms with Gasteiger partial charge < -0.3 is 0 Å². The number of rotatable bonds is 6. The van der Waals surface area contributed by atoms with Crippen LogP contribution >= 0.6 is 11.6 Å². The summed E-state index contributed by atoms with van der Waals surface area (Å²) in [4.78, 5) is 4.27. The highest BCUT2D eigenvalue weighted by atomic mass is 35.5. The highest BCUT2D eigenvalue weighted by molar-refractivity contribution is 6.20. The topological polar surface area (TPSA) is 30.7 Å². The molecule has 0 spiro atoms. The van der Waals surface area contributed by atoms with Crippen LogP contribution < -0.4 is 0 Å². The second kappa shape index (κ2) is 6.11. The molecule has 1 aromatic heterocycles. The van der Waals surface area contributed by atoms with Crippen LogP contribution in [0.25, 0.3) is 0 Å². The Morgan fingerprint density at radius 2 is 2.20 bits per heavy atom. The van der Waals surface area contributed by atoms with E-state index in [4.69, 9.17) is 11.6 Å². The Morgan fingerprint density at radius 1 is 1.47 bits per heavy atom. The van der Waals surface area contributed by atoms with Gasteiger partial charge in [-0.15, -0.1) is 11.6 Å². The molecule has 4 heteroatoms. The van der Waals surface area contributed by atoms with Crippen molar-refractivity contribution in [1.82, 2.24) is 14.8 Å². The molecule has 1 unspecified atom stereocenters. The molecule has 3 nitrogen and oxygen atoms in total. The molecule has 0 N–H and O–H groups in total. The molecule has 0 aromatic carbocycles. The predicted octanol–water partition coefficient (Wildman–Crippen LogP) is 3.20. The Morgan fingerprint density at radius 3 is 2.80 bits per heavy atom. The van der Waals surface area contributed by atoms with E-state index in [2.05, 4.69) is 30.9 Å². The summed E-state index contributed by atoms with van der Waals surface area (Å²) < 4.78 is 1.98. The summed E-state index contributed by atoms with van der Waals surface area (Å²) in [6.45, 7) is 6.36. The fourth-order valence-corrected chi connectivity index (χ4v) is 1.72. The molecule has 0 amide bonds. The zero-order valence-corrected chi connectivity index (χ0v) is 10.5. The van der Waals surface area contributed by atoms with E-state index in [1.54, 1.807) is 6.33 Å². The molecule has 15 heavy (non-hydrogen) atoms. The van der Waals surface area contributed by atoms with Gasteiger partial charge in [-0.05, 0) is 33.1 Å². The van der Waals surface area contributed by atoms with Gasteiger partial charge in [-0.1, -0.05) is 6.92 Å². The lowest BCUT2D eigenvalue weighted by Gasteiger charge is -2.10. The minimum atomic E-state index is 0.306. The smallest absolute Gasteiger partial charge is 0.138 e. The maximum absolute atomic E-state index is 6.06. The van der Waals surface area contributed by atoms with Crippen molar-refractivity contribution in [3.8, 4) is 0 Å². The second-order valence-electron chi connectivity index (χ2n) is 4.11. The Hall–Kier alpha value is -0.570. The van der Waals surface area contributed by atoms with Gasteiger partial charge in [0.2, 0.25) is 0 Å². The zero-order chi connectivity index (χ0) is 11.3. The van der Waals surface area contributed by atoms with Crippen molar-refractivity contribution >= 4 is 11.6 Å². The lowest BCUT2D eigenvalue weighted by molar-refractivity contribution is 0.497. The summed E-state index contributed by atoms with van der Waals surface area (Å²) in [5, 5.41) is 4.51. The molecule has 0 fully saturated rings. The number of hydrogen-bond donors (Lipinski definition) is 0. The molecule has 0 saturated carbocycles. The fraction of sp³-hybridized carbons (Fsp3) is 0.818. The van der Waals surface area contributed by atoms with E-state index in [0.29, 0.717) is 11.4 Å². The van der Waals surface area contributed by atoms with E-state index in [1.807, 2.05) is 4.68 Å². The first-order chi connectivity index (χ1) is 7.15. The molecule has 0 bridgehead atoms. The lowest BCUT2D eigenvalue weighted by Crippen LogP contribution is -2.09. The van der Waals surface area contributed by atoms with Gasteiger partial charge in [0, 0.05) is 17.8 Å². The van der Waals surface area contributed by atoms with E-state index in [9.17, 15) is 0 Å².